The Morgan fingerprint density at radius 2 is 1.51 bits per heavy atom. The van der Waals surface area contributed by atoms with Crippen molar-refractivity contribution < 1.29 is 27.9 Å². The number of hydrogen-bond donors (Lipinski definition) is 2. The van der Waals surface area contributed by atoms with Gasteiger partial charge in [0.15, 0.2) is 11.6 Å². The van der Waals surface area contributed by atoms with Gasteiger partial charge in [-0.25, -0.2) is 4.79 Å². The summed E-state index contributed by atoms with van der Waals surface area (Å²) >= 11 is 0. The Morgan fingerprint density at radius 1 is 0.943 bits per heavy atom. The fraction of sp³-hybridized carbons (Fsp3) is 0.500. The zero-order chi connectivity index (χ0) is 26.0. The first-order valence-corrected chi connectivity index (χ1v) is 11.3. The largest absolute Gasteiger partial charge is 0.465 e. The first kappa shape index (κ1) is 26.2. The molecule has 1 aliphatic carbocycles. The highest BCUT2D eigenvalue weighted by Gasteiger charge is 2.53. The molecule has 1 aromatic heterocycles. The molecule has 0 atom stereocenters. The monoisotopic (exact) mass is 493 g/mol. The number of alkyl halides is 3. The van der Waals surface area contributed by atoms with Gasteiger partial charge in [-0.3, -0.25) is 10.1 Å². The number of piperazine rings is 1. The van der Waals surface area contributed by atoms with Crippen LogP contribution in [0.2, 0.25) is 0 Å². The van der Waals surface area contributed by atoms with Gasteiger partial charge in [-0.05, 0) is 41.5 Å². The van der Waals surface area contributed by atoms with E-state index in [1.807, 2.05) is 4.90 Å². The molecule has 190 valence electrons. The molecule has 4 rings (SSSR count). The summed E-state index contributed by atoms with van der Waals surface area (Å²) < 4.78 is 39.4. The van der Waals surface area contributed by atoms with Gasteiger partial charge in [-0.2, -0.15) is 13.2 Å². The number of carboxylic acid groups (broad SMARTS) is 1. The lowest BCUT2D eigenvalue weighted by molar-refractivity contribution is -0.138. The van der Waals surface area contributed by atoms with Crippen molar-refractivity contribution in [1.82, 2.24) is 15.1 Å². The van der Waals surface area contributed by atoms with Gasteiger partial charge < -0.3 is 14.9 Å². The van der Waals surface area contributed by atoms with Crippen LogP contribution in [0.25, 0.3) is 0 Å². The third kappa shape index (κ3) is 6.40. The van der Waals surface area contributed by atoms with Crippen LogP contribution in [0, 0.1) is 10.8 Å². The molecule has 2 aromatic rings. The summed E-state index contributed by atoms with van der Waals surface area (Å²) in [6, 6.07) is 7.76. The topological polar surface area (TPSA) is 98.7 Å². The third-order valence-electron chi connectivity index (χ3n) is 6.83. The Kier molecular flexibility index (Phi) is 7.28. The van der Waals surface area contributed by atoms with Crippen molar-refractivity contribution >= 4 is 23.6 Å². The van der Waals surface area contributed by atoms with Crippen molar-refractivity contribution in [3.05, 3.63) is 47.5 Å². The molecule has 2 fully saturated rings. The molecule has 1 saturated carbocycles. The van der Waals surface area contributed by atoms with E-state index >= 15 is 0 Å². The van der Waals surface area contributed by atoms with E-state index in [0.717, 1.165) is 6.07 Å². The Labute approximate surface area is 202 Å². The zero-order valence-electron chi connectivity index (χ0n) is 20.2. The molecule has 35 heavy (non-hydrogen) atoms. The molecule has 11 heteroatoms. The SMILES string of the molecule is CC1(C)CC1(C)C.O=C(O)Nc1ccc(N2CCN(C(=O)c3ccccc3C(F)(F)F)CC2)nn1. The molecule has 8 nitrogen and oxygen atoms in total. The molecule has 0 radical (unpaired) electrons. The van der Waals surface area contributed by atoms with E-state index in [1.54, 1.807) is 6.07 Å². The van der Waals surface area contributed by atoms with Crippen molar-refractivity contribution in [1.29, 1.82) is 0 Å². The Bertz CT molecular complexity index is 1050. The summed E-state index contributed by atoms with van der Waals surface area (Å²) in [6.45, 7) is 10.5. The zero-order valence-corrected chi connectivity index (χ0v) is 20.2. The van der Waals surface area contributed by atoms with Crippen molar-refractivity contribution in [2.24, 2.45) is 10.8 Å². The molecule has 2 heterocycles. The fourth-order valence-electron chi connectivity index (χ4n) is 3.96. The minimum absolute atomic E-state index is 0.0776. The molecule has 0 unspecified atom stereocenters. The van der Waals surface area contributed by atoms with Crippen LogP contribution in [-0.4, -0.2) is 58.4 Å². The first-order chi connectivity index (χ1) is 16.2. The van der Waals surface area contributed by atoms with Gasteiger partial charge >= 0.3 is 12.3 Å². The Hall–Kier alpha value is -3.37. The molecule has 0 bridgehead atoms. The number of carbonyl (C=O) groups excluding carboxylic acids is 1. The minimum Gasteiger partial charge on any atom is -0.465 e. The molecular formula is C24H30F3N5O3. The maximum Gasteiger partial charge on any atom is 0.417 e. The molecule has 2 N–H and O–H groups in total. The second kappa shape index (κ2) is 9.71. The van der Waals surface area contributed by atoms with E-state index in [9.17, 15) is 22.8 Å². The molecule has 2 aliphatic rings. The van der Waals surface area contributed by atoms with Crippen LogP contribution in [0.3, 0.4) is 0 Å². The number of anilines is 2. The standard InChI is InChI=1S/C17H16F3N5O3.C7H14/c18-17(19,20)12-4-2-1-3-11(12)15(26)25-9-7-24(8-10-25)14-6-5-13(22-23-14)21-16(27)28;1-6(2)5-7(6,3)4/h1-6H,7-10H2,(H,21,22)(H,27,28);5H2,1-4H3. The summed E-state index contributed by atoms with van der Waals surface area (Å²) in [5.41, 5.74) is -0.0258. The number of amides is 2. The van der Waals surface area contributed by atoms with Crippen LogP contribution in [0.5, 0.6) is 0 Å². The normalized spacial score (nSPS) is 18.3. The Morgan fingerprint density at radius 3 is 1.97 bits per heavy atom. The van der Waals surface area contributed by atoms with Gasteiger partial charge in [0.2, 0.25) is 0 Å². The van der Waals surface area contributed by atoms with Crippen molar-refractivity contribution in [2.45, 2.75) is 40.3 Å². The highest BCUT2D eigenvalue weighted by atomic mass is 19.4. The summed E-state index contributed by atoms with van der Waals surface area (Å²) in [7, 11) is 0. The number of hydrogen-bond acceptors (Lipinski definition) is 5. The van der Waals surface area contributed by atoms with E-state index in [0.29, 0.717) is 29.7 Å². The lowest BCUT2D eigenvalue weighted by atomic mass is 10.0. The summed E-state index contributed by atoms with van der Waals surface area (Å²) in [4.78, 5) is 26.3. The minimum atomic E-state index is -4.60. The molecular weight excluding hydrogens is 463 g/mol. The highest BCUT2D eigenvalue weighted by Crippen LogP contribution is 2.62. The summed E-state index contributed by atoms with van der Waals surface area (Å²) in [5, 5.41) is 18.4. The molecule has 1 aliphatic heterocycles. The van der Waals surface area contributed by atoms with Crippen LogP contribution < -0.4 is 10.2 Å². The third-order valence-corrected chi connectivity index (χ3v) is 6.83. The molecule has 1 aromatic carbocycles. The number of nitrogens with one attached hydrogen (secondary N) is 1. The van der Waals surface area contributed by atoms with Crippen LogP contribution in [0.4, 0.5) is 29.6 Å². The van der Waals surface area contributed by atoms with E-state index in [1.165, 1.54) is 35.6 Å². The van der Waals surface area contributed by atoms with Crippen molar-refractivity contribution in [3.63, 3.8) is 0 Å². The summed E-state index contributed by atoms with van der Waals surface area (Å²) in [5.74, 6) is -0.104. The smallest absolute Gasteiger partial charge is 0.417 e. The predicted molar refractivity (Wildman–Crippen MR) is 125 cm³/mol. The summed E-state index contributed by atoms with van der Waals surface area (Å²) in [6.07, 6.45) is -4.46. The average Bonchev–Trinajstić information content (AvgIpc) is 3.27. The number of benzene rings is 1. The fourth-order valence-corrected chi connectivity index (χ4v) is 3.96. The molecule has 0 spiro atoms. The first-order valence-electron chi connectivity index (χ1n) is 11.3. The number of carbonyl (C=O) groups is 2. The predicted octanol–water partition coefficient (Wildman–Crippen LogP) is 4.99. The van der Waals surface area contributed by atoms with Gasteiger partial charge in [-0.1, -0.05) is 39.8 Å². The Balaban J connectivity index is 0.000000420. The van der Waals surface area contributed by atoms with Gasteiger partial charge in [-0.15, -0.1) is 10.2 Å². The average molecular weight is 494 g/mol. The van der Waals surface area contributed by atoms with Gasteiger partial charge in [0.25, 0.3) is 5.91 Å². The van der Waals surface area contributed by atoms with Crippen LogP contribution in [0.1, 0.15) is 50.0 Å². The van der Waals surface area contributed by atoms with Crippen LogP contribution >= 0.6 is 0 Å². The van der Waals surface area contributed by atoms with Gasteiger partial charge in [0, 0.05) is 26.2 Å². The lowest BCUT2D eigenvalue weighted by Gasteiger charge is -2.35. The molecule has 2 amide bonds. The quantitative estimate of drug-likeness (QED) is 0.625. The van der Waals surface area contributed by atoms with E-state index < -0.39 is 23.7 Å². The van der Waals surface area contributed by atoms with Crippen molar-refractivity contribution in [3.8, 4) is 0 Å². The second-order valence-electron chi connectivity index (χ2n) is 9.97. The number of nitrogens with zero attached hydrogens (tertiary/aromatic N) is 4. The van der Waals surface area contributed by atoms with Crippen molar-refractivity contribution in [2.75, 3.05) is 36.4 Å². The maximum absolute atomic E-state index is 13.1. The lowest BCUT2D eigenvalue weighted by Crippen LogP contribution is -2.49. The van der Waals surface area contributed by atoms with E-state index in [-0.39, 0.29) is 24.5 Å². The van der Waals surface area contributed by atoms with Crippen LogP contribution in [-0.2, 0) is 6.18 Å². The van der Waals surface area contributed by atoms with Gasteiger partial charge in [0.05, 0.1) is 11.1 Å². The number of rotatable bonds is 3. The van der Waals surface area contributed by atoms with E-state index in [2.05, 4.69) is 43.2 Å². The number of aromatic nitrogens is 2. The maximum atomic E-state index is 13.1. The van der Waals surface area contributed by atoms with E-state index in [4.69, 9.17) is 5.11 Å². The van der Waals surface area contributed by atoms with Gasteiger partial charge in [0.1, 0.15) is 0 Å². The highest BCUT2D eigenvalue weighted by molar-refractivity contribution is 5.96. The molecule has 1 saturated heterocycles. The van der Waals surface area contributed by atoms with Crippen LogP contribution in [0.15, 0.2) is 36.4 Å². The second-order valence-corrected chi connectivity index (χ2v) is 9.97. The number of halogens is 3.